The first-order chi connectivity index (χ1) is 15.1. The molecule has 1 saturated heterocycles. The van der Waals surface area contributed by atoms with Crippen molar-refractivity contribution < 1.29 is 27.1 Å². The van der Waals surface area contributed by atoms with Gasteiger partial charge < -0.3 is 15.4 Å². The van der Waals surface area contributed by atoms with Gasteiger partial charge in [0.25, 0.3) is 5.91 Å². The highest BCUT2D eigenvalue weighted by atomic mass is 19.4. The Morgan fingerprint density at radius 3 is 2.31 bits per heavy atom. The van der Waals surface area contributed by atoms with E-state index in [1.165, 1.54) is 35.4 Å². The Morgan fingerprint density at radius 2 is 1.78 bits per heavy atom. The van der Waals surface area contributed by atoms with E-state index in [0.717, 1.165) is 18.1 Å². The number of amides is 1. The number of ether oxygens (including phenoxy) is 1. The molecule has 4 rings (SSSR count). The number of nitrogen functional groups attached to an aromatic ring is 1. The highest BCUT2D eigenvalue weighted by molar-refractivity contribution is 5.90. The largest absolute Gasteiger partial charge is 0.416 e. The third kappa shape index (κ3) is 6.74. The summed E-state index contributed by atoms with van der Waals surface area (Å²) in [6, 6.07) is 4.70. The number of carbonyl (C=O) groups excluding carboxylic acids is 1. The minimum absolute atomic E-state index is 0.140. The van der Waals surface area contributed by atoms with Crippen LogP contribution in [0.25, 0.3) is 0 Å². The number of rotatable bonds is 5. The summed E-state index contributed by atoms with van der Waals surface area (Å²) in [5.41, 5.74) is 6.45. The van der Waals surface area contributed by atoms with Crippen molar-refractivity contribution in [3.05, 3.63) is 65.8 Å². The summed E-state index contributed by atoms with van der Waals surface area (Å²) < 4.78 is 55.6. The van der Waals surface area contributed by atoms with E-state index in [1.54, 1.807) is 0 Å². The molecule has 1 aliphatic heterocycles. The molecule has 1 unspecified atom stereocenters. The highest BCUT2D eigenvalue weighted by Gasteiger charge is 2.30. The van der Waals surface area contributed by atoms with Crippen molar-refractivity contribution in [1.82, 2.24) is 14.9 Å². The monoisotopic (exact) mass is 452 g/mol. The molecule has 1 amide bonds. The van der Waals surface area contributed by atoms with E-state index in [0.29, 0.717) is 24.5 Å². The molecule has 32 heavy (non-hydrogen) atoms. The van der Waals surface area contributed by atoms with Gasteiger partial charge in [0.1, 0.15) is 0 Å². The second kappa shape index (κ2) is 10.1. The molecule has 1 aliphatic carbocycles. The summed E-state index contributed by atoms with van der Waals surface area (Å²) in [6.07, 6.45) is 2.14. The number of carbonyl (C=O) groups is 1. The standard InChI is InChI=1S/C15H15F4NO2.C7H9N3/c1-10(16)14(21)20-7-6-13(8-20)22-9-11-2-4-12(5-3-11)15(17,18)19;8-7-9-3-6(4-10-7)5-1-2-5/h2-5,13H,1,6-9H2;3-5H,1-2H2,(H2,8,9,10). The molecule has 0 bridgehead atoms. The van der Waals surface area contributed by atoms with E-state index in [2.05, 4.69) is 16.5 Å². The summed E-state index contributed by atoms with van der Waals surface area (Å²) in [5, 5.41) is 0. The lowest BCUT2D eigenvalue weighted by Crippen LogP contribution is -2.30. The van der Waals surface area contributed by atoms with Gasteiger partial charge in [0, 0.05) is 25.5 Å². The third-order valence-electron chi connectivity index (χ3n) is 5.17. The van der Waals surface area contributed by atoms with Crippen LogP contribution in [0.5, 0.6) is 0 Å². The summed E-state index contributed by atoms with van der Waals surface area (Å²) >= 11 is 0. The number of anilines is 1. The molecule has 1 atom stereocenters. The Balaban J connectivity index is 0.000000238. The summed E-state index contributed by atoms with van der Waals surface area (Å²) in [6.45, 7) is 3.72. The molecule has 6 nitrogen and oxygen atoms in total. The van der Waals surface area contributed by atoms with Crippen molar-refractivity contribution in [3.8, 4) is 0 Å². The SMILES string of the molecule is C=C(F)C(=O)N1CCC(OCc2ccc(C(F)(F)F)cc2)C1.Nc1ncc(C2CC2)cn1. The lowest BCUT2D eigenvalue weighted by Gasteiger charge is -2.15. The van der Waals surface area contributed by atoms with Crippen LogP contribution in [-0.2, 0) is 22.3 Å². The van der Waals surface area contributed by atoms with Gasteiger partial charge >= 0.3 is 6.18 Å². The van der Waals surface area contributed by atoms with Gasteiger partial charge in [0.05, 0.1) is 18.3 Å². The normalized spacial score (nSPS) is 18.1. The minimum Gasteiger partial charge on any atom is -0.372 e. The van der Waals surface area contributed by atoms with Gasteiger partial charge in [-0.3, -0.25) is 4.79 Å². The Morgan fingerprint density at radius 1 is 1.16 bits per heavy atom. The highest BCUT2D eigenvalue weighted by Crippen LogP contribution is 2.39. The zero-order valence-corrected chi connectivity index (χ0v) is 17.3. The molecule has 0 radical (unpaired) electrons. The molecule has 172 valence electrons. The van der Waals surface area contributed by atoms with Crippen LogP contribution in [0.3, 0.4) is 0 Å². The maximum Gasteiger partial charge on any atom is 0.416 e. The first kappa shape index (κ1) is 23.6. The molecule has 1 aromatic heterocycles. The van der Waals surface area contributed by atoms with E-state index in [4.69, 9.17) is 10.5 Å². The molecule has 2 aromatic rings. The van der Waals surface area contributed by atoms with Crippen LogP contribution in [0.15, 0.2) is 49.1 Å². The lowest BCUT2D eigenvalue weighted by molar-refractivity contribution is -0.137. The molecule has 2 fully saturated rings. The fourth-order valence-electron chi connectivity index (χ4n) is 3.20. The number of hydrogen-bond donors (Lipinski definition) is 1. The van der Waals surface area contributed by atoms with Crippen molar-refractivity contribution >= 4 is 11.9 Å². The van der Waals surface area contributed by atoms with Crippen molar-refractivity contribution in [2.45, 2.75) is 44.1 Å². The maximum absolute atomic E-state index is 12.7. The molecular weight excluding hydrogens is 428 g/mol. The summed E-state index contributed by atoms with van der Waals surface area (Å²) in [4.78, 5) is 20.5. The van der Waals surface area contributed by atoms with Gasteiger partial charge in [-0.1, -0.05) is 18.7 Å². The number of hydrogen-bond acceptors (Lipinski definition) is 5. The Bertz CT molecular complexity index is 928. The zero-order valence-electron chi connectivity index (χ0n) is 17.3. The third-order valence-corrected chi connectivity index (χ3v) is 5.17. The first-order valence-corrected chi connectivity index (χ1v) is 10.1. The molecule has 2 aliphatic rings. The van der Waals surface area contributed by atoms with E-state index in [9.17, 15) is 22.4 Å². The topological polar surface area (TPSA) is 81.3 Å². The van der Waals surface area contributed by atoms with Gasteiger partial charge in [-0.15, -0.1) is 0 Å². The number of likely N-dealkylation sites (tertiary alicyclic amines) is 1. The van der Waals surface area contributed by atoms with Crippen molar-refractivity contribution in [2.75, 3.05) is 18.8 Å². The Hall–Kier alpha value is -3.01. The predicted octanol–water partition coefficient (Wildman–Crippen LogP) is 4.24. The Labute approximate surface area is 183 Å². The van der Waals surface area contributed by atoms with Crippen molar-refractivity contribution in [2.24, 2.45) is 0 Å². The second-order valence-electron chi connectivity index (χ2n) is 7.72. The molecule has 0 spiro atoms. The molecular formula is C22H24F4N4O2. The van der Waals surface area contributed by atoms with Crippen LogP contribution >= 0.6 is 0 Å². The predicted molar refractivity (Wildman–Crippen MR) is 110 cm³/mol. The zero-order chi connectivity index (χ0) is 23.3. The first-order valence-electron chi connectivity index (χ1n) is 10.1. The fraction of sp³-hybridized carbons (Fsp3) is 0.409. The smallest absolute Gasteiger partial charge is 0.372 e. The van der Waals surface area contributed by atoms with Gasteiger partial charge in [0.15, 0.2) is 5.83 Å². The second-order valence-corrected chi connectivity index (χ2v) is 7.72. The van der Waals surface area contributed by atoms with Crippen LogP contribution in [0, 0.1) is 0 Å². The number of nitrogens with two attached hydrogens (primary N) is 1. The Kier molecular flexibility index (Phi) is 7.44. The molecule has 10 heteroatoms. The number of nitrogens with zero attached hydrogens (tertiary/aromatic N) is 3. The van der Waals surface area contributed by atoms with Gasteiger partial charge in [-0.25, -0.2) is 14.4 Å². The van der Waals surface area contributed by atoms with Gasteiger partial charge in [-0.2, -0.15) is 13.2 Å². The number of benzene rings is 1. The van der Waals surface area contributed by atoms with Crippen molar-refractivity contribution in [3.63, 3.8) is 0 Å². The number of aromatic nitrogens is 2. The van der Waals surface area contributed by atoms with Gasteiger partial charge in [-0.05, 0) is 48.4 Å². The van der Waals surface area contributed by atoms with Crippen LogP contribution < -0.4 is 5.73 Å². The molecule has 1 aromatic carbocycles. The van der Waals surface area contributed by atoms with E-state index in [1.807, 2.05) is 12.4 Å². The van der Waals surface area contributed by atoms with Crippen LogP contribution in [0.4, 0.5) is 23.5 Å². The van der Waals surface area contributed by atoms with Crippen LogP contribution in [0.2, 0.25) is 0 Å². The minimum atomic E-state index is -4.36. The number of alkyl halides is 3. The lowest BCUT2D eigenvalue weighted by atomic mass is 10.1. The summed E-state index contributed by atoms with van der Waals surface area (Å²) in [5.74, 6) is -0.672. The molecule has 2 heterocycles. The van der Waals surface area contributed by atoms with E-state index < -0.39 is 23.5 Å². The average molecular weight is 452 g/mol. The van der Waals surface area contributed by atoms with E-state index >= 15 is 0 Å². The van der Waals surface area contributed by atoms with E-state index in [-0.39, 0.29) is 19.3 Å². The van der Waals surface area contributed by atoms with Crippen LogP contribution in [-0.4, -0.2) is 40.0 Å². The summed E-state index contributed by atoms with van der Waals surface area (Å²) in [7, 11) is 0. The maximum atomic E-state index is 12.7. The number of halogens is 4. The molecule has 2 N–H and O–H groups in total. The molecule has 1 saturated carbocycles. The van der Waals surface area contributed by atoms with Gasteiger partial charge in [0.2, 0.25) is 5.95 Å². The fourth-order valence-corrected chi connectivity index (χ4v) is 3.20. The van der Waals surface area contributed by atoms with Crippen LogP contribution in [0.1, 0.15) is 41.9 Å². The quantitative estimate of drug-likeness (QED) is 0.542. The van der Waals surface area contributed by atoms with Crippen molar-refractivity contribution in [1.29, 1.82) is 0 Å². The average Bonchev–Trinajstić information content (AvgIpc) is 3.50.